The number of halogens is 3. The zero-order chi connectivity index (χ0) is 11.8. The van der Waals surface area contributed by atoms with Gasteiger partial charge in [0.15, 0.2) is 0 Å². The Labute approximate surface area is 89.2 Å². The Hall–Kier alpha value is -1.56. The van der Waals surface area contributed by atoms with Crippen molar-refractivity contribution in [2.24, 2.45) is 0 Å². The molecule has 2 atom stereocenters. The summed E-state index contributed by atoms with van der Waals surface area (Å²) in [5, 5.41) is 2.10. The number of hydrogen-bond donors (Lipinski definition) is 1. The third-order valence-electron chi connectivity index (χ3n) is 2.22. The molecular formula is C10H8F3NO2. The lowest BCUT2D eigenvalue weighted by atomic mass is 10.1. The van der Waals surface area contributed by atoms with Crippen molar-refractivity contribution in [2.45, 2.75) is 18.4 Å². The zero-order valence-corrected chi connectivity index (χ0v) is 7.99. The molecule has 16 heavy (non-hydrogen) atoms. The first-order valence-electron chi connectivity index (χ1n) is 4.56. The van der Waals surface area contributed by atoms with Gasteiger partial charge in [-0.05, 0) is 5.56 Å². The number of carbonyl (C=O) groups is 1. The molecule has 6 heteroatoms. The summed E-state index contributed by atoms with van der Waals surface area (Å²) < 4.78 is 41.1. The maximum Gasteiger partial charge on any atom is 0.439 e. The number of benzene rings is 1. The molecule has 1 N–H and O–H groups in total. The van der Waals surface area contributed by atoms with Gasteiger partial charge in [-0.3, -0.25) is 5.32 Å². The third kappa shape index (κ3) is 2.01. The largest absolute Gasteiger partial charge is 0.439 e. The summed E-state index contributed by atoms with van der Waals surface area (Å²) in [5.41, 5.74) is 0.458. The lowest BCUT2D eigenvalue weighted by Gasteiger charge is -2.13. The van der Waals surface area contributed by atoms with E-state index >= 15 is 0 Å². The van der Waals surface area contributed by atoms with Crippen LogP contribution in [0.1, 0.15) is 11.6 Å². The minimum absolute atomic E-state index is 0.458. The van der Waals surface area contributed by atoms with Crippen LogP contribution in [0.2, 0.25) is 0 Å². The first kappa shape index (κ1) is 10.9. The van der Waals surface area contributed by atoms with Crippen LogP contribution in [-0.2, 0) is 9.53 Å². The molecule has 0 bridgehead atoms. The zero-order valence-electron chi connectivity index (χ0n) is 7.99. The van der Waals surface area contributed by atoms with E-state index in [0.29, 0.717) is 5.56 Å². The predicted octanol–water partition coefficient (Wildman–Crippen LogP) is 1.76. The van der Waals surface area contributed by atoms with Gasteiger partial charge >= 0.3 is 12.1 Å². The highest BCUT2D eigenvalue weighted by molar-refractivity contribution is 5.79. The van der Waals surface area contributed by atoms with E-state index in [2.05, 4.69) is 10.1 Å². The van der Waals surface area contributed by atoms with Gasteiger partial charge in [0.25, 0.3) is 6.23 Å². The SMILES string of the molecule is O=C1OC(C(F)(F)F)NC1c1ccccc1. The quantitative estimate of drug-likeness (QED) is 0.748. The Bertz CT molecular complexity index is 391. The summed E-state index contributed by atoms with van der Waals surface area (Å²) in [6.07, 6.45) is -6.80. The van der Waals surface area contributed by atoms with Crippen molar-refractivity contribution in [3.63, 3.8) is 0 Å². The lowest BCUT2D eigenvalue weighted by molar-refractivity contribution is -0.214. The third-order valence-corrected chi connectivity index (χ3v) is 2.22. The van der Waals surface area contributed by atoms with Crippen molar-refractivity contribution in [3.8, 4) is 0 Å². The molecule has 1 saturated heterocycles. The van der Waals surface area contributed by atoms with Crippen LogP contribution in [0, 0.1) is 0 Å². The predicted molar refractivity (Wildman–Crippen MR) is 48.3 cm³/mol. The fourth-order valence-electron chi connectivity index (χ4n) is 1.48. The molecule has 1 aliphatic rings. The minimum Gasteiger partial charge on any atom is -0.435 e. The molecule has 1 aromatic carbocycles. The minimum atomic E-state index is -4.58. The maximum absolute atomic E-state index is 12.3. The van der Waals surface area contributed by atoms with E-state index in [1.807, 2.05) is 0 Å². The van der Waals surface area contributed by atoms with Crippen LogP contribution in [0.4, 0.5) is 13.2 Å². The van der Waals surface area contributed by atoms with Gasteiger partial charge in [-0.25, -0.2) is 4.79 Å². The summed E-state index contributed by atoms with van der Waals surface area (Å²) in [4.78, 5) is 11.2. The summed E-state index contributed by atoms with van der Waals surface area (Å²) in [7, 11) is 0. The van der Waals surface area contributed by atoms with Gasteiger partial charge in [0, 0.05) is 0 Å². The highest BCUT2D eigenvalue weighted by Gasteiger charge is 2.50. The van der Waals surface area contributed by atoms with Gasteiger partial charge < -0.3 is 4.74 Å². The van der Waals surface area contributed by atoms with E-state index in [9.17, 15) is 18.0 Å². The normalized spacial score (nSPS) is 25.6. The Kier molecular flexibility index (Phi) is 2.59. The first-order chi connectivity index (χ1) is 7.48. The number of nitrogens with one attached hydrogen (secondary N) is 1. The number of esters is 1. The Morgan fingerprint density at radius 2 is 1.81 bits per heavy atom. The van der Waals surface area contributed by atoms with Crippen LogP contribution < -0.4 is 5.32 Å². The smallest absolute Gasteiger partial charge is 0.435 e. The Balaban J connectivity index is 2.18. The van der Waals surface area contributed by atoms with Gasteiger partial charge in [0.1, 0.15) is 6.04 Å². The van der Waals surface area contributed by atoms with E-state index in [-0.39, 0.29) is 0 Å². The van der Waals surface area contributed by atoms with E-state index in [1.165, 1.54) is 0 Å². The van der Waals surface area contributed by atoms with E-state index in [1.54, 1.807) is 30.3 Å². The van der Waals surface area contributed by atoms with Crippen molar-refractivity contribution in [1.82, 2.24) is 5.32 Å². The summed E-state index contributed by atoms with van der Waals surface area (Å²) in [6, 6.07) is 7.09. The molecule has 0 aromatic heterocycles. The van der Waals surface area contributed by atoms with Crippen molar-refractivity contribution < 1.29 is 22.7 Å². The van der Waals surface area contributed by atoms with E-state index in [0.717, 1.165) is 0 Å². The van der Waals surface area contributed by atoms with Crippen LogP contribution in [0.3, 0.4) is 0 Å². The average Bonchev–Trinajstić information content (AvgIpc) is 2.61. The fraction of sp³-hybridized carbons (Fsp3) is 0.300. The second-order valence-electron chi connectivity index (χ2n) is 3.37. The molecular weight excluding hydrogens is 223 g/mol. The van der Waals surface area contributed by atoms with Gasteiger partial charge in [-0.15, -0.1) is 0 Å². The van der Waals surface area contributed by atoms with Gasteiger partial charge in [-0.2, -0.15) is 13.2 Å². The highest BCUT2D eigenvalue weighted by atomic mass is 19.4. The van der Waals surface area contributed by atoms with Gasteiger partial charge in [0.05, 0.1) is 0 Å². The Morgan fingerprint density at radius 1 is 1.19 bits per heavy atom. The molecule has 0 radical (unpaired) electrons. The second kappa shape index (κ2) is 3.79. The van der Waals surface area contributed by atoms with Gasteiger partial charge in [-0.1, -0.05) is 30.3 Å². The number of alkyl halides is 3. The summed E-state index contributed by atoms with van der Waals surface area (Å²) in [5.74, 6) is -0.909. The summed E-state index contributed by atoms with van der Waals surface area (Å²) >= 11 is 0. The van der Waals surface area contributed by atoms with Gasteiger partial charge in [0.2, 0.25) is 0 Å². The van der Waals surface area contributed by atoms with E-state index < -0.39 is 24.4 Å². The topological polar surface area (TPSA) is 38.3 Å². The second-order valence-corrected chi connectivity index (χ2v) is 3.37. The van der Waals surface area contributed by atoms with Crippen LogP contribution in [0.25, 0.3) is 0 Å². The first-order valence-corrected chi connectivity index (χ1v) is 4.56. The number of rotatable bonds is 1. The maximum atomic E-state index is 12.3. The van der Waals surface area contributed by atoms with Crippen molar-refractivity contribution in [2.75, 3.05) is 0 Å². The molecule has 0 aliphatic carbocycles. The molecule has 86 valence electrons. The van der Waals surface area contributed by atoms with Crippen LogP contribution in [0.15, 0.2) is 30.3 Å². The highest BCUT2D eigenvalue weighted by Crippen LogP contribution is 2.30. The molecule has 0 saturated carbocycles. The number of carbonyl (C=O) groups excluding carboxylic acids is 1. The Morgan fingerprint density at radius 3 is 2.31 bits per heavy atom. The number of ether oxygens (including phenoxy) is 1. The molecule has 2 rings (SSSR count). The molecule has 0 spiro atoms. The molecule has 1 aliphatic heterocycles. The number of cyclic esters (lactones) is 1. The molecule has 1 aromatic rings. The van der Waals surface area contributed by atoms with Crippen LogP contribution in [-0.4, -0.2) is 18.4 Å². The molecule has 1 fully saturated rings. The van der Waals surface area contributed by atoms with Crippen molar-refractivity contribution in [1.29, 1.82) is 0 Å². The molecule has 1 heterocycles. The monoisotopic (exact) mass is 231 g/mol. The fourth-order valence-corrected chi connectivity index (χ4v) is 1.48. The average molecular weight is 231 g/mol. The van der Waals surface area contributed by atoms with E-state index in [4.69, 9.17) is 0 Å². The van der Waals surface area contributed by atoms with Crippen LogP contribution >= 0.6 is 0 Å². The summed E-state index contributed by atoms with van der Waals surface area (Å²) in [6.45, 7) is 0. The van der Waals surface area contributed by atoms with Crippen molar-refractivity contribution >= 4 is 5.97 Å². The molecule has 0 amide bonds. The standard InChI is InChI=1S/C10H8F3NO2/c11-10(12,13)9-14-7(8(15)16-9)6-4-2-1-3-5-6/h1-5,7,9,14H. The number of hydrogen-bond acceptors (Lipinski definition) is 3. The van der Waals surface area contributed by atoms with Crippen molar-refractivity contribution in [3.05, 3.63) is 35.9 Å². The van der Waals surface area contributed by atoms with Crippen LogP contribution in [0.5, 0.6) is 0 Å². The molecule has 3 nitrogen and oxygen atoms in total. The lowest BCUT2D eigenvalue weighted by Crippen LogP contribution is -2.39. The molecule has 2 unspecified atom stereocenters.